The summed E-state index contributed by atoms with van der Waals surface area (Å²) in [6.07, 6.45) is 0. The fourth-order valence-electron chi connectivity index (χ4n) is 0. The second-order valence-corrected chi connectivity index (χ2v) is 1.73. The van der Waals surface area contributed by atoms with Gasteiger partial charge in [0.25, 0.3) is 0 Å². The van der Waals surface area contributed by atoms with Crippen molar-refractivity contribution in [2.24, 2.45) is 5.92 Å². The van der Waals surface area contributed by atoms with Crippen LogP contribution in [0.3, 0.4) is 0 Å². The predicted octanol–water partition coefficient (Wildman–Crippen LogP) is 1.66. The Labute approximate surface area is 52.7 Å². The second kappa shape index (κ2) is 4.87. The SMILES string of the molecule is CC(C)C.[Hf]. The maximum absolute atomic E-state index is 2.17. The maximum Gasteiger partial charge on any atom is 0 e. The molecular formula is C4H10Hf. The summed E-state index contributed by atoms with van der Waals surface area (Å²) in [5.41, 5.74) is 0. The fraction of sp³-hybridized carbons (Fsp3) is 1.00. The normalized spacial score (nSPS) is 7.20. The van der Waals surface area contributed by atoms with Gasteiger partial charge in [0.2, 0.25) is 0 Å². The zero-order valence-electron chi connectivity index (χ0n) is 4.08. The molecule has 0 saturated carbocycles. The fourth-order valence-corrected chi connectivity index (χ4v) is 0. The van der Waals surface area contributed by atoms with E-state index in [2.05, 4.69) is 20.8 Å². The van der Waals surface area contributed by atoms with Crippen molar-refractivity contribution in [3.63, 3.8) is 0 Å². The first-order chi connectivity index (χ1) is 1.73. The van der Waals surface area contributed by atoms with Gasteiger partial charge >= 0.3 is 0 Å². The van der Waals surface area contributed by atoms with Crippen LogP contribution in [0.25, 0.3) is 0 Å². The van der Waals surface area contributed by atoms with Gasteiger partial charge in [-0.05, 0) is 5.92 Å². The molecule has 0 saturated heterocycles. The summed E-state index contributed by atoms with van der Waals surface area (Å²) in [6, 6.07) is 0. The van der Waals surface area contributed by atoms with Gasteiger partial charge < -0.3 is 0 Å². The second-order valence-electron chi connectivity index (χ2n) is 1.73. The Morgan fingerprint density at radius 2 is 1.00 bits per heavy atom. The molecule has 0 fully saturated rings. The van der Waals surface area contributed by atoms with Crippen LogP contribution in [0.2, 0.25) is 0 Å². The van der Waals surface area contributed by atoms with Gasteiger partial charge in [0, 0.05) is 25.8 Å². The summed E-state index contributed by atoms with van der Waals surface area (Å²) < 4.78 is 0. The molecule has 0 heterocycles. The molecule has 0 aromatic rings. The molecule has 0 radical (unpaired) electrons. The van der Waals surface area contributed by atoms with Gasteiger partial charge in [-0.25, -0.2) is 0 Å². The zero-order chi connectivity index (χ0) is 3.58. The molecule has 30 valence electrons. The van der Waals surface area contributed by atoms with E-state index in [4.69, 9.17) is 0 Å². The van der Waals surface area contributed by atoms with Gasteiger partial charge in [-0.15, -0.1) is 0 Å². The van der Waals surface area contributed by atoms with Gasteiger partial charge in [0.05, 0.1) is 0 Å². The van der Waals surface area contributed by atoms with Gasteiger partial charge in [0.1, 0.15) is 0 Å². The number of hydrogen-bond acceptors (Lipinski definition) is 0. The number of rotatable bonds is 0. The molecule has 0 bridgehead atoms. The van der Waals surface area contributed by atoms with E-state index < -0.39 is 0 Å². The first kappa shape index (κ1) is 9.30. The maximum atomic E-state index is 2.17. The molecule has 0 nitrogen and oxygen atoms in total. The van der Waals surface area contributed by atoms with Crippen LogP contribution in [0.1, 0.15) is 20.8 Å². The van der Waals surface area contributed by atoms with Crippen molar-refractivity contribution < 1.29 is 25.8 Å². The van der Waals surface area contributed by atoms with Crippen LogP contribution in [0, 0.1) is 5.92 Å². The van der Waals surface area contributed by atoms with Crippen LogP contribution in [0.5, 0.6) is 0 Å². The van der Waals surface area contributed by atoms with E-state index in [0.717, 1.165) is 5.92 Å². The predicted molar refractivity (Wildman–Crippen MR) is 20.5 cm³/mol. The van der Waals surface area contributed by atoms with E-state index in [-0.39, 0.29) is 25.8 Å². The minimum Gasteiger partial charge on any atom is -0.0630 e. The molecule has 0 atom stereocenters. The molecular weight excluding hydrogens is 227 g/mol. The Balaban J connectivity index is 0. The van der Waals surface area contributed by atoms with Gasteiger partial charge in [-0.1, -0.05) is 20.8 Å². The van der Waals surface area contributed by atoms with Crippen LogP contribution < -0.4 is 0 Å². The minimum atomic E-state index is 0. The zero-order valence-corrected chi connectivity index (χ0v) is 7.67. The van der Waals surface area contributed by atoms with Gasteiger partial charge in [0.15, 0.2) is 0 Å². The average molecular weight is 237 g/mol. The van der Waals surface area contributed by atoms with Crippen LogP contribution in [0.15, 0.2) is 0 Å². The molecule has 0 unspecified atom stereocenters. The van der Waals surface area contributed by atoms with Crippen molar-refractivity contribution in [3.8, 4) is 0 Å². The summed E-state index contributed by atoms with van der Waals surface area (Å²) in [5.74, 6) is 0.833. The first-order valence-corrected chi connectivity index (χ1v) is 1.73. The van der Waals surface area contributed by atoms with Crippen molar-refractivity contribution in [1.29, 1.82) is 0 Å². The van der Waals surface area contributed by atoms with Gasteiger partial charge in [-0.2, -0.15) is 0 Å². The molecule has 0 aromatic heterocycles. The van der Waals surface area contributed by atoms with Crippen molar-refractivity contribution in [1.82, 2.24) is 0 Å². The Hall–Kier alpha value is 0.870. The summed E-state index contributed by atoms with van der Waals surface area (Å²) in [4.78, 5) is 0. The largest absolute Gasteiger partial charge is 0.0630 e. The van der Waals surface area contributed by atoms with Crippen LogP contribution in [0.4, 0.5) is 0 Å². The Morgan fingerprint density at radius 3 is 1.00 bits per heavy atom. The minimum absolute atomic E-state index is 0. The molecule has 0 spiro atoms. The summed E-state index contributed by atoms with van der Waals surface area (Å²) >= 11 is 0. The van der Waals surface area contributed by atoms with E-state index >= 15 is 0 Å². The quantitative estimate of drug-likeness (QED) is 0.561. The van der Waals surface area contributed by atoms with E-state index in [1.165, 1.54) is 0 Å². The molecule has 0 aliphatic rings. The molecule has 0 N–H and O–H groups in total. The van der Waals surface area contributed by atoms with Crippen LogP contribution in [-0.2, 0) is 25.8 Å². The first-order valence-electron chi connectivity index (χ1n) is 1.73. The van der Waals surface area contributed by atoms with E-state index in [1.54, 1.807) is 0 Å². The van der Waals surface area contributed by atoms with Crippen LogP contribution >= 0.6 is 0 Å². The third kappa shape index (κ3) is 53.0. The Morgan fingerprint density at radius 1 is 1.00 bits per heavy atom. The molecule has 0 amide bonds. The van der Waals surface area contributed by atoms with Crippen molar-refractivity contribution in [2.45, 2.75) is 20.8 Å². The smallest absolute Gasteiger partial charge is 0 e. The standard InChI is InChI=1S/C4H10.Hf/c1-4(2)3;/h4H,1-3H3;. The van der Waals surface area contributed by atoms with Crippen molar-refractivity contribution in [2.75, 3.05) is 0 Å². The Kier molecular flexibility index (Phi) is 9.05. The van der Waals surface area contributed by atoms with Crippen molar-refractivity contribution in [3.05, 3.63) is 0 Å². The Bertz CT molecular complexity index is 8.36. The molecule has 0 aromatic carbocycles. The van der Waals surface area contributed by atoms with E-state index in [9.17, 15) is 0 Å². The van der Waals surface area contributed by atoms with E-state index in [0.29, 0.717) is 0 Å². The monoisotopic (exact) mass is 238 g/mol. The van der Waals surface area contributed by atoms with Crippen molar-refractivity contribution >= 4 is 0 Å². The molecule has 0 aliphatic heterocycles. The molecule has 0 rings (SSSR count). The average Bonchev–Trinajstić information content (AvgIpc) is 0.811. The molecule has 5 heavy (non-hydrogen) atoms. The summed E-state index contributed by atoms with van der Waals surface area (Å²) in [7, 11) is 0. The third-order valence-electron chi connectivity index (χ3n) is 0. The summed E-state index contributed by atoms with van der Waals surface area (Å²) in [5, 5.41) is 0. The third-order valence-corrected chi connectivity index (χ3v) is 0. The van der Waals surface area contributed by atoms with E-state index in [1.807, 2.05) is 0 Å². The summed E-state index contributed by atoms with van der Waals surface area (Å²) in [6.45, 7) is 6.50. The molecule has 1 heteroatoms. The van der Waals surface area contributed by atoms with Gasteiger partial charge in [-0.3, -0.25) is 0 Å². The topological polar surface area (TPSA) is 0 Å². The molecule has 0 aliphatic carbocycles. The van der Waals surface area contributed by atoms with Crippen LogP contribution in [-0.4, -0.2) is 0 Å². The number of hydrogen-bond donors (Lipinski definition) is 0.